The Labute approximate surface area is 382 Å². The van der Waals surface area contributed by atoms with Gasteiger partial charge in [-0.1, -0.05) is 34.6 Å². The first kappa shape index (κ1) is 50.7. The summed E-state index contributed by atoms with van der Waals surface area (Å²) in [4.78, 5) is 0. The van der Waals surface area contributed by atoms with Crippen molar-refractivity contribution < 1.29 is 89.7 Å². The SMILES string of the molecule is C[C@H](CC[C@@H](O[C@@H]1O[C@H](CO)[C@H](O)[C@H](O)[C@H]1O)C(C)(C)O)[C@H]1[C@@H](O)C[C@@]2(C)[C@@H]3C[C@H](O)[C@H]4C(C)(C)[C@@H](O[C@@H]5OC[C@@H](O)[C@H](O)[C@H]5O[C@@H]5O[C@@H](C)[C@H](O)[C@@H](O)[C@H]5O)CC[C@@]45C[C@@]35CC[C@]12C. The molecule has 0 radical (unpaired) electrons. The van der Waals surface area contributed by atoms with Gasteiger partial charge in [0.1, 0.15) is 61.0 Å². The van der Waals surface area contributed by atoms with Gasteiger partial charge < -0.3 is 89.7 Å². The maximum absolute atomic E-state index is 12.5. The van der Waals surface area contributed by atoms with Crippen molar-refractivity contribution in [2.45, 2.75) is 229 Å². The smallest absolute Gasteiger partial charge is 0.187 e. The molecule has 18 nitrogen and oxygen atoms in total. The third kappa shape index (κ3) is 7.91. The van der Waals surface area contributed by atoms with Crippen molar-refractivity contribution in [2.24, 2.45) is 50.7 Å². The zero-order valence-electron chi connectivity index (χ0n) is 39.3. The lowest BCUT2D eigenvalue weighted by molar-refractivity contribution is -0.364. The van der Waals surface area contributed by atoms with Crippen LogP contribution in [0, 0.1) is 50.7 Å². The van der Waals surface area contributed by atoms with Gasteiger partial charge in [-0.05, 0) is 129 Å². The molecule has 5 saturated carbocycles. The van der Waals surface area contributed by atoms with Crippen LogP contribution in [0.4, 0.5) is 0 Å². The summed E-state index contributed by atoms with van der Waals surface area (Å²) in [6, 6.07) is 0. The lowest BCUT2D eigenvalue weighted by Gasteiger charge is -2.64. The average Bonchev–Trinajstić information content (AvgIpc) is 3.82. The molecule has 26 atom stereocenters. The van der Waals surface area contributed by atoms with Crippen LogP contribution in [0.25, 0.3) is 0 Å². The zero-order valence-corrected chi connectivity index (χ0v) is 39.3. The summed E-state index contributed by atoms with van der Waals surface area (Å²) in [5.41, 5.74) is -2.76. The maximum atomic E-state index is 12.5. The molecule has 0 bridgehead atoms. The normalized spacial score (nSPS) is 55.0. The molecule has 12 N–H and O–H groups in total. The summed E-state index contributed by atoms with van der Waals surface area (Å²) < 4.78 is 36.1. The molecule has 3 heterocycles. The van der Waals surface area contributed by atoms with E-state index in [4.69, 9.17) is 28.4 Å². The summed E-state index contributed by atoms with van der Waals surface area (Å²) in [5, 5.41) is 130. The minimum Gasteiger partial charge on any atom is -0.394 e. The Morgan fingerprint density at radius 2 is 1.35 bits per heavy atom. The number of hydrogen-bond donors (Lipinski definition) is 12. The number of fused-ring (bicyclic) bond motifs is 2. The molecule has 0 aromatic carbocycles. The van der Waals surface area contributed by atoms with E-state index in [-0.39, 0.29) is 51.9 Å². The van der Waals surface area contributed by atoms with Crippen LogP contribution in [0.5, 0.6) is 0 Å². The fourth-order valence-corrected chi connectivity index (χ4v) is 15.7. The highest BCUT2D eigenvalue weighted by molar-refractivity contribution is 5.32. The fraction of sp³-hybridized carbons (Fsp3) is 1.00. The predicted molar refractivity (Wildman–Crippen MR) is 227 cm³/mol. The molecule has 8 aliphatic rings. The molecule has 18 heteroatoms. The van der Waals surface area contributed by atoms with Gasteiger partial charge in [0, 0.05) is 0 Å². The number of aliphatic hydroxyl groups is 12. The monoisotopic (exact) mass is 933 g/mol. The van der Waals surface area contributed by atoms with Gasteiger partial charge in [-0.25, -0.2) is 0 Å². The minimum absolute atomic E-state index is 0.0162. The van der Waals surface area contributed by atoms with Crippen molar-refractivity contribution in [3.8, 4) is 0 Å². The van der Waals surface area contributed by atoms with E-state index < -0.39 is 128 Å². The van der Waals surface area contributed by atoms with E-state index in [0.717, 1.165) is 25.7 Å². The standard InChI is InChI=1S/C47H80O18/c1-20(9-10-28(43(5,6)59)64-40-36(58)34(56)32(54)25(17-48)62-40)29-23(50)16-45(8)26-15-22(49)38-42(3,4)27(11-12-47(38)19-46(26,47)14-13-44(29,45)7)63-41-37(31(53)24(51)18-60-41)65-39-35(57)33(55)30(52)21(2)61-39/h20-41,48-59H,9-19H2,1-8H3/t20-,21+,22+,23+,24-,25-,26+,27+,28-,29+,30+,31+,32+,33-,34+,35-,36-,37-,38+,39+,40+,41+,44-,45+,46+,47-/m1/s1. The fourth-order valence-electron chi connectivity index (χ4n) is 15.7. The summed E-state index contributed by atoms with van der Waals surface area (Å²) in [6.45, 7) is 14.9. The molecule has 3 saturated heterocycles. The number of rotatable bonds is 12. The molecule has 3 aliphatic heterocycles. The first-order valence-corrected chi connectivity index (χ1v) is 24.2. The van der Waals surface area contributed by atoms with Gasteiger partial charge in [0.05, 0.1) is 49.3 Å². The lowest BCUT2D eigenvalue weighted by atomic mass is 9.41. The van der Waals surface area contributed by atoms with E-state index in [0.29, 0.717) is 32.1 Å². The molecule has 376 valence electrons. The van der Waals surface area contributed by atoms with Gasteiger partial charge in [0.15, 0.2) is 18.9 Å². The van der Waals surface area contributed by atoms with Crippen molar-refractivity contribution in [3.63, 3.8) is 0 Å². The Bertz CT molecular complexity index is 1680. The molecule has 8 rings (SSSR count). The van der Waals surface area contributed by atoms with Crippen LogP contribution in [0.1, 0.15) is 113 Å². The second kappa shape index (κ2) is 17.5. The maximum Gasteiger partial charge on any atom is 0.187 e. The number of hydrogen-bond acceptors (Lipinski definition) is 18. The molecular formula is C47H80O18. The summed E-state index contributed by atoms with van der Waals surface area (Å²) in [5.74, 6) is -0.104. The van der Waals surface area contributed by atoms with Gasteiger partial charge in [-0.2, -0.15) is 0 Å². The van der Waals surface area contributed by atoms with Gasteiger partial charge in [-0.3, -0.25) is 0 Å². The summed E-state index contributed by atoms with van der Waals surface area (Å²) in [7, 11) is 0. The Morgan fingerprint density at radius 3 is 2.02 bits per heavy atom. The van der Waals surface area contributed by atoms with E-state index >= 15 is 0 Å². The van der Waals surface area contributed by atoms with E-state index in [1.165, 1.54) is 6.92 Å². The topological polar surface area (TPSA) is 298 Å². The molecule has 0 unspecified atom stereocenters. The van der Waals surface area contributed by atoms with Gasteiger partial charge in [0.25, 0.3) is 0 Å². The Balaban J connectivity index is 0.963. The van der Waals surface area contributed by atoms with Crippen LogP contribution >= 0.6 is 0 Å². The quantitative estimate of drug-likeness (QED) is 0.109. The van der Waals surface area contributed by atoms with Crippen LogP contribution in [0.15, 0.2) is 0 Å². The van der Waals surface area contributed by atoms with E-state index in [2.05, 4.69) is 34.6 Å². The molecule has 0 aromatic heterocycles. The second-order valence-electron chi connectivity index (χ2n) is 23.5. The highest BCUT2D eigenvalue weighted by Gasteiger charge is 2.84. The predicted octanol–water partition coefficient (Wildman–Crippen LogP) is -0.585. The van der Waals surface area contributed by atoms with E-state index in [1.54, 1.807) is 13.8 Å². The summed E-state index contributed by atoms with van der Waals surface area (Å²) >= 11 is 0. The first-order chi connectivity index (χ1) is 30.2. The molecule has 65 heavy (non-hydrogen) atoms. The third-order valence-electron chi connectivity index (χ3n) is 19.3. The molecule has 5 aliphatic carbocycles. The average molecular weight is 933 g/mol. The van der Waals surface area contributed by atoms with Gasteiger partial charge in [0.2, 0.25) is 0 Å². The third-order valence-corrected chi connectivity index (χ3v) is 19.3. The van der Waals surface area contributed by atoms with Crippen molar-refractivity contribution >= 4 is 0 Å². The van der Waals surface area contributed by atoms with E-state index in [9.17, 15) is 61.3 Å². The molecule has 0 amide bonds. The molecular weight excluding hydrogens is 852 g/mol. The molecule has 8 fully saturated rings. The second-order valence-corrected chi connectivity index (χ2v) is 23.5. The number of aliphatic hydroxyl groups excluding tert-OH is 11. The Kier molecular flexibility index (Phi) is 13.7. The van der Waals surface area contributed by atoms with Crippen LogP contribution in [0.3, 0.4) is 0 Å². The summed E-state index contributed by atoms with van der Waals surface area (Å²) in [6.07, 6.45) is -15.8. The van der Waals surface area contributed by atoms with Crippen molar-refractivity contribution in [1.82, 2.24) is 0 Å². The van der Waals surface area contributed by atoms with Crippen LogP contribution in [-0.2, 0) is 28.4 Å². The highest BCUT2D eigenvalue weighted by atomic mass is 16.8. The van der Waals surface area contributed by atoms with Crippen LogP contribution < -0.4 is 0 Å². The largest absolute Gasteiger partial charge is 0.394 e. The van der Waals surface area contributed by atoms with Crippen molar-refractivity contribution in [3.05, 3.63) is 0 Å². The van der Waals surface area contributed by atoms with Crippen molar-refractivity contribution in [2.75, 3.05) is 13.2 Å². The lowest BCUT2D eigenvalue weighted by Crippen LogP contribution is -2.64. The van der Waals surface area contributed by atoms with Crippen molar-refractivity contribution in [1.29, 1.82) is 0 Å². The Hall–Kier alpha value is -0.720. The van der Waals surface area contributed by atoms with Gasteiger partial charge >= 0.3 is 0 Å². The minimum atomic E-state index is -1.65. The molecule has 2 spiro atoms. The Morgan fingerprint density at radius 1 is 0.692 bits per heavy atom. The van der Waals surface area contributed by atoms with Gasteiger partial charge in [-0.15, -0.1) is 0 Å². The van der Waals surface area contributed by atoms with Crippen LogP contribution in [-0.4, -0.2) is 191 Å². The van der Waals surface area contributed by atoms with E-state index in [1.807, 2.05) is 0 Å². The highest BCUT2D eigenvalue weighted by Crippen LogP contribution is 2.89. The zero-order chi connectivity index (χ0) is 47.7. The molecule has 0 aromatic rings. The van der Waals surface area contributed by atoms with Crippen LogP contribution in [0.2, 0.25) is 0 Å². The number of ether oxygens (including phenoxy) is 6. The first-order valence-electron chi connectivity index (χ1n) is 24.2.